The molecular formula is C19H21N3O4S. The molecule has 2 N–H and O–H groups in total. The van der Waals surface area contributed by atoms with Crippen LogP contribution in [-0.2, 0) is 14.8 Å². The molecular weight excluding hydrogens is 366 g/mol. The normalized spacial score (nSPS) is 16.9. The summed E-state index contributed by atoms with van der Waals surface area (Å²) in [4.78, 5) is 12.4. The van der Waals surface area contributed by atoms with Gasteiger partial charge in [0.25, 0.3) is 0 Å². The van der Waals surface area contributed by atoms with Crippen LogP contribution in [0.15, 0.2) is 53.6 Å². The van der Waals surface area contributed by atoms with E-state index < -0.39 is 10.0 Å². The van der Waals surface area contributed by atoms with Crippen LogP contribution in [0.4, 0.5) is 5.69 Å². The Bertz CT molecular complexity index is 984. The number of hydrogen-bond donors (Lipinski definition) is 2. The van der Waals surface area contributed by atoms with Crippen molar-refractivity contribution in [3.05, 3.63) is 59.7 Å². The number of para-hydroxylation sites is 1. The molecule has 1 aliphatic heterocycles. The van der Waals surface area contributed by atoms with Crippen molar-refractivity contribution in [1.29, 1.82) is 0 Å². The summed E-state index contributed by atoms with van der Waals surface area (Å²) in [6.07, 6.45) is 1.83. The van der Waals surface area contributed by atoms with Crippen LogP contribution in [0.1, 0.15) is 36.9 Å². The van der Waals surface area contributed by atoms with Gasteiger partial charge < -0.3 is 5.11 Å². The second kappa shape index (κ2) is 7.40. The van der Waals surface area contributed by atoms with Gasteiger partial charge in [-0.25, -0.2) is 13.4 Å². The van der Waals surface area contributed by atoms with Gasteiger partial charge in [-0.15, -0.1) is 0 Å². The molecule has 0 saturated carbocycles. The van der Waals surface area contributed by atoms with E-state index in [1.807, 2.05) is 0 Å². The Balaban J connectivity index is 2.00. The van der Waals surface area contributed by atoms with Crippen LogP contribution >= 0.6 is 0 Å². The molecule has 1 atom stereocenters. The summed E-state index contributed by atoms with van der Waals surface area (Å²) in [6.45, 7) is 1.77. The first-order chi connectivity index (χ1) is 12.8. The van der Waals surface area contributed by atoms with Crippen molar-refractivity contribution < 1.29 is 18.3 Å². The Morgan fingerprint density at radius 1 is 1.22 bits per heavy atom. The van der Waals surface area contributed by atoms with Crippen LogP contribution in [0.2, 0.25) is 0 Å². The molecule has 0 unspecified atom stereocenters. The minimum atomic E-state index is -3.45. The molecule has 0 saturated heterocycles. The number of carbonyl (C=O) groups is 1. The maximum Gasteiger partial charge on any atom is 0.242 e. The predicted octanol–water partition coefficient (Wildman–Crippen LogP) is 2.85. The zero-order valence-corrected chi connectivity index (χ0v) is 15.9. The number of phenolic OH excluding ortho intramolecular Hbond substituents is 1. The lowest BCUT2D eigenvalue weighted by atomic mass is 9.97. The van der Waals surface area contributed by atoms with Gasteiger partial charge in [0.2, 0.25) is 15.9 Å². The van der Waals surface area contributed by atoms with Gasteiger partial charge in [-0.05, 0) is 23.8 Å². The first-order valence-corrected chi connectivity index (χ1v) is 10.4. The van der Waals surface area contributed by atoms with Gasteiger partial charge in [-0.1, -0.05) is 37.3 Å². The third-order valence-electron chi connectivity index (χ3n) is 4.28. The summed E-state index contributed by atoms with van der Waals surface area (Å²) in [5.41, 5.74) is 2.54. The van der Waals surface area contributed by atoms with Crippen LogP contribution in [-0.4, -0.2) is 36.4 Å². The number of hydrogen-bond acceptors (Lipinski definition) is 5. The first-order valence-electron chi connectivity index (χ1n) is 8.54. The quantitative estimate of drug-likeness (QED) is 0.824. The molecule has 2 aromatic rings. The summed E-state index contributed by atoms with van der Waals surface area (Å²) in [7, 11) is -3.45. The topological polar surface area (TPSA) is 99.1 Å². The third-order valence-corrected chi connectivity index (χ3v) is 4.87. The number of phenols is 1. The fraction of sp³-hybridized carbons (Fsp3) is 0.263. The molecule has 0 fully saturated rings. The number of rotatable bonds is 5. The average molecular weight is 387 g/mol. The van der Waals surface area contributed by atoms with Crippen LogP contribution in [0.3, 0.4) is 0 Å². The minimum Gasteiger partial charge on any atom is -0.508 e. The van der Waals surface area contributed by atoms with Gasteiger partial charge in [0.15, 0.2) is 0 Å². The van der Waals surface area contributed by atoms with Crippen LogP contribution in [0, 0.1) is 0 Å². The van der Waals surface area contributed by atoms with E-state index in [-0.39, 0.29) is 17.7 Å². The number of carbonyl (C=O) groups excluding carboxylic acids is 1. The number of amides is 1. The van der Waals surface area contributed by atoms with E-state index >= 15 is 0 Å². The smallest absolute Gasteiger partial charge is 0.242 e. The minimum absolute atomic E-state index is 0.128. The van der Waals surface area contributed by atoms with E-state index in [4.69, 9.17) is 0 Å². The number of nitrogens with one attached hydrogen (secondary N) is 1. The number of sulfonamides is 1. The number of hydrazone groups is 1. The van der Waals surface area contributed by atoms with Gasteiger partial charge in [-0.2, -0.15) is 5.10 Å². The molecule has 27 heavy (non-hydrogen) atoms. The standard InChI is InChI=1S/C19H21N3O4S/c1-3-19(24)22-18(13-8-10-14(23)11-9-13)12-17(20-22)15-6-4-5-7-16(15)21-27(2,25)26/h4-11,18,21,23H,3,12H2,1-2H3/t18-/m0/s1. The molecule has 0 radical (unpaired) electrons. The van der Waals surface area contributed by atoms with Gasteiger partial charge in [-0.3, -0.25) is 9.52 Å². The van der Waals surface area contributed by atoms with Crippen LogP contribution < -0.4 is 4.72 Å². The first kappa shape index (κ1) is 18.9. The fourth-order valence-electron chi connectivity index (χ4n) is 3.04. The maximum atomic E-state index is 12.4. The van der Waals surface area contributed by atoms with E-state index in [9.17, 15) is 18.3 Å². The second-order valence-electron chi connectivity index (χ2n) is 6.37. The summed E-state index contributed by atoms with van der Waals surface area (Å²) in [5, 5.41) is 15.5. The molecule has 0 spiro atoms. The SMILES string of the molecule is CCC(=O)N1N=C(c2ccccc2NS(C)(=O)=O)C[C@H]1c1ccc(O)cc1. The monoisotopic (exact) mass is 387 g/mol. The lowest BCUT2D eigenvalue weighted by Crippen LogP contribution is -2.26. The summed E-state index contributed by atoms with van der Waals surface area (Å²) < 4.78 is 25.8. The Morgan fingerprint density at radius 2 is 1.89 bits per heavy atom. The van der Waals surface area contributed by atoms with E-state index in [0.29, 0.717) is 29.8 Å². The van der Waals surface area contributed by atoms with E-state index in [0.717, 1.165) is 11.8 Å². The molecule has 0 aliphatic carbocycles. The van der Waals surface area contributed by atoms with Crippen molar-refractivity contribution in [1.82, 2.24) is 5.01 Å². The van der Waals surface area contributed by atoms with Crippen molar-refractivity contribution in [3.8, 4) is 5.75 Å². The number of aromatic hydroxyl groups is 1. The summed E-state index contributed by atoms with van der Waals surface area (Å²) in [5.74, 6) is 0.0191. The van der Waals surface area contributed by atoms with Crippen molar-refractivity contribution in [2.45, 2.75) is 25.8 Å². The van der Waals surface area contributed by atoms with Gasteiger partial charge in [0.05, 0.1) is 23.7 Å². The Morgan fingerprint density at radius 3 is 2.52 bits per heavy atom. The van der Waals surface area contributed by atoms with Crippen LogP contribution in [0.25, 0.3) is 0 Å². The number of benzene rings is 2. The highest BCUT2D eigenvalue weighted by atomic mass is 32.2. The van der Waals surface area contributed by atoms with Crippen molar-refractivity contribution in [3.63, 3.8) is 0 Å². The highest BCUT2D eigenvalue weighted by molar-refractivity contribution is 7.92. The zero-order valence-electron chi connectivity index (χ0n) is 15.1. The Kier molecular flexibility index (Phi) is 5.18. The maximum absolute atomic E-state index is 12.4. The van der Waals surface area contributed by atoms with Crippen molar-refractivity contribution >= 4 is 27.3 Å². The van der Waals surface area contributed by atoms with Crippen LogP contribution in [0.5, 0.6) is 5.75 Å². The molecule has 142 valence electrons. The lowest BCUT2D eigenvalue weighted by molar-refractivity contribution is -0.132. The van der Waals surface area contributed by atoms with E-state index in [2.05, 4.69) is 9.82 Å². The third kappa shape index (κ3) is 4.28. The highest BCUT2D eigenvalue weighted by Crippen LogP contribution is 2.35. The van der Waals surface area contributed by atoms with E-state index in [1.54, 1.807) is 55.5 Å². The summed E-state index contributed by atoms with van der Waals surface area (Å²) in [6, 6.07) is 13.3. The molecule has 1 heterocycles. The molecule has 0 bridgehead atoms. The molecule has 3 rings (SSSR count). The number of nitrogens with zero attached hydrogens (tertiary/aromatic N) is 2. The average Bonchev–Trinajstić information content (AvgIpc) is 3.06. The molecule has 7 nitrogen and oxygen atoms in total. The number of anilines is 1. The molecule has 0 aromatic heterocycles. The fourth-order valence-corrected chi connectivity index (χ4v) is 3.62. The van der Waals surface area contributed by atoms with Crippen molar-refractivity contribution in [2.24, 2.45) is 5.10 Å². The van der Waals surface area contributed by atoms with Gasteiger partial charge in [0.1, 0.15) is 5.75 Å². The summed E-state index contributed by atoms with van der Waals surface area (Å²) >= 11 is 0. The molecule has 8 heteroatoms. The van der Waals surface area contributed by atoms with Gasteiger partial charge >= 0.3 is 0 Å². The lowest BCUT2D eigenvalue weighted by Gasteiger charge is -2.21. The zero-order chi connectivity index (χ0) is 19.6. The molecule has 1 amide bonds. The van der Waals surface area contributed by atoms with E-state index in [1.165, 1.54) is 5.01 Å². The predicted molar refractivity (Wildman–Crippen MR) is 104 cm³/mol. The van der Waals surface area contributed by atoms with Crippen molar-refractivity contribution in [2.75, 3.05) is 11.0 Å². The second-order valence-corrected chi connectivity index (χ2v) is 8.12. The largest absolute Gasteiger partial charge is 0.508 e. The molecule has 1 aliphatic rings. The Labute approximate surface area is 158 Å². The van der Waals surface area contributed by atoms with Gasteiger partial charge in [0, 0.05) is 18.4 Å². The molecule has 2 aromatic carbocycles. The highest BCUT2D eigenvalue weighted by Gasteiger charge is 2.33. The Hall–Kier alpha value is -2.87.